The molecule has 0 aliphatic rings. The lowest BCUT2D eigenvalue weighted by Gasteiger charge is -2.29. The van der Waals surface area contributed by atoms with E-state index in [-0.39, 0.29) is 6.61 Å². The van der Waals surface area contributed by atoms with Gasteiger partial charge in [0.2, 0.25) is 0 Å². The van der Waals surface area contributed by atoms with Crippen LogP contribution in [0.15, 0.2) is 128 Å². The Balaban J connectivity index is 4.27. The molecule has 0 bridgehead atoms. The van der Waals surface area contributed by atoms with Gasteiger partial charge in [0.1, 0.15) is 0 Å². The molecule has 0 spiro atoms. The molecule has 4 nitrogen and oxygen atoms in total. The molecule has 1 unspecified atom stereocenters. The van der Waals surface area contributed by atoms with Crippen molar-refractivity contribution in [3.05, 3.63) is 128 Å². The average molecular weight is 915 g/mol. The summed E-state index contributed by atoms with van der Waals surface area (Å²) < 4.78 is 14.9. The van der Waals surface area contributed by atoms with Crippen molar-refractivity contribution in [2.75, 3.05) is 6.61 Å². The maximum absolute atomic E-state index is 10.6. The molecule has 0 radical (unpaired) electrons. The fourth-order valence-corrected chi connectivity index (χ4v) is 7.98. The first-order valence-corrected chi connectivity index (χ1v) is 27.1. The topological polar surface area (TPSA) is 72.4 Å². The predicted molar refractivity (Wildman–Crippen MR) is 286 cm³/mol. The third-order valence-electron chi connectivity index (χ3n) is 12.4. The smallest absolute Gasteiger partial charge is 0.0596 e. The molecule has 0 saturated carbocycles. The summed E-state index contributed by atoms with van der Waals surface area (Å²) >= 11 is 0. The van der Waals surface area contributed by atoms with Crippen molar-refractivity contribution in [2.24, 2.45) is 5.92 Å². The summed E-state index contributed by atoms with van der Waals surface area (Å²) in [6.07, 6.45) is 51.9. The van der Waals surface area contributed by atoms with E-state index in [1.165, 1.54) is 87.0 Å². The lowest BCUT2D eigenvalue weighted by Crippen LogP contribution is -2.17. The minimum Gasteiger partial charge on any atom is -0.790 e. The molecule has 0 aliphatic heterocycles. The van der Waals surface area contributed by atoms with Crippen LogP contribution in [0.5, 0.6) is 0 Å². The Bertz CT molecular complexity index is 1710. The van der Waals surface area contributed by atoms with Gasteiger partial charge in [-0.3, -0.25) is 0 Å². The van der Waals surface area contributed by atoms with E-state index in [0.29, 0.717) is 12.3 Å². The molecule has 0 aromatic carbocycles. The van der Waals surface area contributed by atoms with E-state index in [4.69, 9.17) is 0 Å². The van der Waals surface area contributed by atoms with Gasteiger partial charge in [-0.15, -0.1) is 0 Å². The number of phosphoric acid groups is 1. The number of allylic oxidation sites excluding steroid dienone is 22. The second kappa shape index (κ2) is 39.3. The highest BCUT2D eigenvalue weighted by atomic mass is 31.2. The van der Waals surface area contributed by atoms with Gasteiger partial charge in [-0.25, -0.2) is 0 Å². The van der Waals surface area contributed by atoms with Gasteiger partial charge in [0.05, 0.1) is 14.4 Å². The Hall–Kier alpha value is -2.75. The quantitative estimate of drug-likeness (QED) is 0.0460. The van der Waals surface area contributed by atoms with Crippen LogP contribution < -0.4 is 9.79 Å². The van der Waals surface area contributed by atoms with Gasteiger partial charge < -0.3 is 18.9 Å². The maximum Gasteiger partial charge on any atom is 0.0596 e. The third-order valence-corrected chi connectivity index (χ3v) is 12.9. The van der Waals surface area contributed by atoms with Crippen molar-refractivity contribution >= 4 is 7.82 Å². The fraction of sp³-hybridized carbons (Fsp3) is 0.633. The summed E-state index contributed by atoms with van der Waals surface area (Å²) in [5.74, 6) is 0.320. The third kappa shape index (κ3) is 43.6. The predicted octanol–water partition coefficient (Wildman–Crippen LogP) is 18.9. The van der Waals surface area contributed by atoms with Crippen LogP contribution in [0.4, 0.5) is 0 Å². The molecule has 370 valence electrons. The molecule has 0 rings (SSSR count). The first-order chi connectivity index (χ1) is 30.7. The molecule has 0 amide bonds. The van der Waals surface area contributed by atoms with Crippen LogP contribution in [0.1, 0.15) is 238 Å². The number of rotatable bonds is 37. The minimum atomic E-state index is -4.85. The van der Waals surface area contributed by atoms with E-state index < -0.39 is 7.82 Å². The van der Waals surface area contributed by atoms with Crippen LogP contribution in [-0.2, 0) is 9.09 Å². The zero-order valence-corrected chi connectivity index (χ0v) is 45.4. The second-order valence-electron chi connectivity index (χ2n) is 19.9. The van der Waals surface area contributed by atoms with Gasteiger partial charge in [0.25, 0.3) is 0 Å². The van der Waals surface area contributed by atoms with Gasteiger partial charge in [-0.05, 0) is 237 Å². The highest BCUT2D eigenvalue weighted by Crippen LogP contribution is 2.26. The maximum atomic E-state index is 10.6. The van der Waals surface area contributed by atoms with Gasteiger partial charge in [-0.2, -0.15) is 0 Å². The molecular weight excluding hydrogens is 816 g/mol. The molecule has 0 aromatic rings. The Morgan fingerprint density at radius 3 is 0.754 bits per heavy atom. The normalized spacial score (nSPS) is 15.3. The molecule has 0 saturated heterocycles. The molecular formula is C60H99O4P-2. The molecule has 0 fully saturated rings. The fourth-order valence-electron chi connectivity index (χ4n) is 7.65. The lowest BCUT2D eigenvalue weighted by atomic mass is 10.0. The summed E-state index contributed by atoms with van der Waals surface area (Å²) in [4.78, 5) is 21.2. The zero-order chi connectivity index (χ0) is 48.9. The van der Waals surface area contributed by atoms with Crippen LogP contribution in [0.25, 0.3) is 0 Å². The number of hydrogen-bond acceptors (Lipinski definition) is 4. The van der Waals surface area contributed by atoms with Crippen LogP contribution in [0.2, 0.25) is 0 Å². The first-order valence-electron chi connectivity index (χ1n) is 25.6. The molecule has 0 heterocycles. The van der Waals surface area contributed by atoms with Gasteiger partial charge in [-0.1, -0.05) is 135 Å². The van der Waals surface area contributed by atoms with Crippen LogP contribution in [0.3, 0.4) is 0 Å². The van der Waals surface area contributed by atoms with Crippen molar-refractivity contribution in [3.63, 3.8) is 0 Å². The zero-order valence-electron chi connectivity index (χ0n) is 44.5. The Kier molecular flexibility index (Phi) is 37.6. The Morgan fingerprint density at radius 1 is 0.354 bits per heavy atom. The molecule has 5 heteroatoms. The van der Waals surface area contributed by atoms with Crippen LogP contribution in [-0.4, -0.2) is 6.61 Å². The minimum absolute atomic E-state index is 0.0184. The lowest BCUT2D eigenvalue weighted by molar-refractivity contribution is -0.341. The van der Waals surface area contributed by atoms with Gasteiger partial charge >= 0.3 is 0 Å². The van der Waals surface area contributed by atoms with E-state index in [1.807, 2.05) is 0 Å². The Morgan fingerprint density at radius 2 is 0.554 bits per heavy atom. The van der Waals surface area contributed by atoms with Crippen LogP contribution >= 0.6 is 7.82 Å². The van der Waals surface area contributed by atoms with Crippen molar-refractivity contribution in [1.82, 2.24) is 0 Å². The van der Waals surface area contributed by atoms with Gasteiger partial charge in [0, 0.05) is 0 Å². The average Bonchev–Trinajstić information content (AvgIpc) is 3.20. The molecule has 65 heavy (non-hydrogen) atoms. The van der Waals surface area contributed by atoms with Gasteiger partial charge in [0.15, 0.2) is 0 Å². The van der Waals surface area contributed by atoms with Crippen molar-refractivity contribution in [3.8, 4) is 0 Å². The van der Waals surface area contributed by atoms with E-state index in [0.717, 1.165) is 116 Å². The van der Waals surface area contributed by atoms with E-state index in [2.05, 4.69) is 161 Å². The SMILES string of the molecule is CC(C)=CCC/C(C)=C/CC/C(C)=C/CC/C(C)=C\CC/C(C)=C\CC/C(C)=C\CC/C(C)=C\CC/C(C)=C\CC/C(C)=C\CC/C(C)=C\CC/C(C)=C\CCC(C)CCOP(=O)([O-])[O-]. The summed E-state index contributed by atoms with van der Waals surface area (Å²) in [7, 11) is -4.85. The van der Waals surface area contributed by atoms with Crippen molar-refractivity contribution < 1.29 is 18.9 Å². The van der Waals surface area contributed by atoms with Crippen molar-refractivity contribution in [1.29, 1.82) is 0 Å². The molecule has 1 atom stereocenters. The van der Waals surface area contributed by atoms with Crippen molar-refractivity contribution in [2.45, 2.75) is 238 Å². The standard InChI is InChI=1S/C60H101O4P/c1-49(2)25-14-26-50(3)27-15-28-51(4)29-16-30-52(5)31-17-32-53(6)33-18-34-54(7)35-19-36-55(8)37-20-38-56(9)39-21-40-57(10)41-22-42-58(11)43-23-44-59(12)45-24-46-60(13)47-48-64-65(61,62)63/h25,27,29,31,33,35,37,39,41,43,45,60H,14-24,26,28,30,32,34,36,38,40,42,44,46-48H2,1-13H3,(H2,61,62,63)/p-2/b50-27+,51-29+,52-31-,53-33-,54-35-,55-37-,56-39-,57-41-,58-43-,59-45-. The summed E-state index contributed by atoms with van der Waals surface area (Å²) in [6, 6.07) is 0. The molecule has 0 N–H and O–H groups in total. The monoisotopic (exact) mass is 915 g/mol. The summed E-state index contributed by atoms with van der Waals surface area (Å²) in [5.41, 5.74) is 16.4. The number of phosphoric ester groups is 1. The highest BCUT2D eigenvalue weighted by molar-refractivity contribution is 7.43. The molecule has 0 aliphatic carbocycles. The summed E-state index contributed by atoms with van der Waals surface area (Å²) in [5, 5.41) is 0. The van der Waals surface area contributed by atoms with E-state index >= 15 is 0 Å². The van der Waals surface area contributed by atoms with E-state index in [1.54, 1.807) is 0 Å². The Labute approximate surface area is 403 Å². The highest BCUT2D eigenvalue weighted by Gasteiger charge is 2.03. The largest absolute Gasteiger partial charge is 0.790 e. The molecule has 0 aromatic heterocycles. The first kappa shape index (κ1) is 62.2. The number of hydrogen-bond donors (Lipinski definition) is 0. The summed E-state index contributed by atoms with van der Waals surface area (Å²) in [6.45, 7) is 29.2. The van der Waals surface area contributed by atoms with Crippen LogP contribution in [0, 0.1) is 5.92 Å². The van der Waals surface area contributed by atoms with E-state index in [9.17, 15) is 14.4 Å². The second-order valence-corrected chi connectivity index (χ2v) is 21.1.